The number of halogens is 1. The maximum Gasteiger partial charge on any atom is 0.252 e. The van der Waals surface area contributed by atoms with Gasteiger partial charge in [-0.1, -0.05) is 41.4 Å². The molecule has 1 amide bonds. The Morgan fingerprint density at radius 1 is 1.15 bits per heavy atom. The molecule has 0 aliphatic carbocycles. The van der Waals surface area contributed by atoms with Crippen LogP contribution < -0.4 is 10.0 Å². The Labute approximate surface area is 163 Å². The van der Waals surface area contributed by atoms with E-state index < -0.39 is 10.0 Å². The van der Waals surface area contributed by atoms with Gasteiger partial charge in [0.2, 0.25) is 10.0 Å². The van der Waals surface area contributed by atoms with Crippen LogP contribution in [0.4, 0.5) is 5.69 Å². The normalized spacial score (nSPS) is 11.2. The largest absolute Gasteiger partial charge is 0.351 e. The third-order valence-electron chi connectivity index (χ3n) is 3.44. The summed E-state index contributed by atoms with van der Waals surface area (Å²) in [5.74, 6) is 1.31. The van der Waals surface area contributed by atoms with E-state index in [-0.39, 0.29) is 16.5 Å². The van der Waals surface area contributed by atoms with Crippen LogP contribution in [-0.4, -0.2) is 32.9 Å². The van der Waals surface area contributed by atoms with Crippen LogP contribution in [0.15, 0.2) is 42.5 Å². The number of anilines is 1. The summed E-state index contributed by atoms with van der Waals surface area (Å²) >= 11 is 7.78. The molecule has 0 fully saturated rings. The molecule has 2 aromatic rings. The monoisotopic (exact) mass is 412 g/mol. The first kappa shape index (κ1) is 20.6. The van der Waals surface area contributed by atoms with Gasteiger partial charge in [0.25, 0.3) is 5.91 Å². The van der Waals surface area contributed by atoms with Gasteiger partial charge in [-0.05, 0) is 30.7 Å². The highest BCUT2D eigenvalue weighted by Crippen LogP contribution is 2.21. The fraction of sp³-hybridized carbons (Fsp3) is 0.278. The molecule has 0 unspecified atom stereocenters. The van der Waals surface area contributed by atoms with Crippen LogP contribution in [-0.2, 0) is 15.8 Å². The van der Waals surface area contributed by atoms with Gasteiger partial charge >= 0.3 is 0 Å². The van der Waals surface area contributed by atoms with Crippen molar-refractivity contribution in [2.45, 2.75) is 12.7 Å². The summed E-state index contributed by atoms with van der Waals surface area (Å²) in [4.78, 5) is 12.3. The number of hydrogen-bond donors (Lipinski definition) is 2. The Morgan fingerprint density at radius 2 is 1.85 bits per heavy atom. The SMILES string of the molecule is Cc1ccc(CSCCNC(=O)c2cc(NS(C)(=O)=O)ccc2Cl)cc1. The number of benzene rings is 2. The lowest BCUT2D eigenvalue weighted by atomic mass is 10.2. The number of carbonyl (C=O) groups excluding carboxylic acids is 1. The topological polar surface area (TPSA) is 75.3 Å². The van der Waals surface area contributed by atoms with E-state index in [4.69, 9.17) is 11.6 Å². The molecule has 2 N–H and O–H groups in total. The van der Waals surface area contributed by atoms with E-state index in [0.29, 0.717) is 12.2 Å². The molecule has 2 aromatic carbocycles. The van der Waals surface area contributed by atoms with Gasteiger partial charge in [0.1, 0.15) is 0 Å². The Bertz CT molecular complexity index is 869. The standard InChI is InChI=1S/C18H21ClN2O3S2/c1-13-3-5-14(6-4-13)12-25-10-9-20-18(22)16-11-15(7-8-17(16)19)21-26(2,23)24/h3-8,11,21H,9-10,12H2,1-2H3,(H,20,22). The summed E-state index contributed by atoms with van der Waals surface area (Å²) in [5.41, 5.74) is 3.02. The summed E-state index contributed by atoms with van der Waals surface area (Å²) in [6.07, 6.45) is 1.05. The minimum absolute atomic E-state index is 0.240. The molecule has 0 saturated carbocycles. The maximum atomic E-state index is 12.3. The second-order valence-corrected chi connectivity index (χ2v) is 9.12. The van der Waals surface area contributed by atoms with E-state index in [0.717, 1.165) is 17.8 Å². The number of amides is 1. The van der Waals surface area contributed by atoms with Gasteiger partial charge in [0.05, 0.1) is 16.8 Å². The maximum absolute atomic E-state index is 12.3. The molecule has 5 nitrogen and oxygen atoms in total. The van der Waals surface area contributed by atoms with Gasteiger partial charge < -0.3 is 5.32 Å². The van der Waals surface area contributed by atoms with E-state index in [1.54, 1.807) is 11.8 Å². The van der Waals surface area contributed by atoms with Crippen molar-refractivity contribution < 1.29 is 13.2 Å². The van der Waals surface area contributed by atoms with Crippen molar-refractivity contribution in [1.29, 1.82) is 0 Å². The lowest BCUT2D eigenvalue weighted by molar-refractivity contribution is 0.0956. The lowest BCUT2D eigenvalue weighted by Gasteiger charge is -2.10. The van der Waals surface area contributed by atoms with Crippen LogP contribution in [0, 0.1) is 6.92 Å². The minimum Gasteiger partial charge on any atom is -0.351 e. The average molecular weight is 413 g/mol. The molecule has 2 rings (SSSR count). The first-order chi connectivity index (χ1) is 12.2. The van der Waals surface area contributed by atoms with E-state index in [9.17, 15) is 13.2 Å². The highest BCUT2D eigenvalue weighted by Gasteiger charge is 2.12. The Morgan fingerprint density at radius 3 is 2.50 bits per heavy atom. The minimum atomic E-state index is -3.41. The number of nitrogens with one attached hydrogen (secondary N) is 2. The van der Waals surface area contributed by atoms with Gasteiger partial charge in [-0.15, -0.1) is 0 Å². The van der Waals surface area contributed by atoms with Gasteiger partial charge in [-0.25, -0.2) is 8.42 Å². The number of rotatable bonds is 8. The molecular formula is C18H21ClN2O3S2. The summed E-state index contributed by atoms with van der Waals surface area (Å²) in [6, 6.07) is 12.8. The van der Waals surface area contributed by atoms with Crippen molar-refractivity contribution in [1.82, 2.24) is 5.32 Å². The van der Waals surface area contributed by atoms with Gasteiger partial charge in [-0.3, -0.25) is 9.52 Å². The van der Waals surface area contributed by atoms with E-state index in [1.165, 1.54) is 29.3 Å². The molecule has 0 bridgehead atoms. The molecule has 0 atom stereocenters. The third-order valence-corrected chi connectivity index (χ3v) is 5.40. The number of thioether (sulfide) groups is 1. The third kappa shape index (κ3) is 6.90. The number of carbonyl (C=O) groups is 1. The first-order valence-electron chi connectivity index (χ1n) is 7.93. The number of sulfonamides is 1. The predicted molar refractivity (Wildman–Crippen MR) is 110 cm³/mol. The molecule has 0 saturated heterocycles. The molecule has 0 heterocycles. The van der Waals surface area contributed by atoms with E-state index in [2.05, 4.69) is 41.2 Å². The second-order valence-electron chi connectivity index (χ2n) is 5.86. The summed E-state index contributed by atoms with van der Waals surface area (Å²) in [5, 5.41) is 3.08. The molecule has 140 valence electrons. The first-order valence-corrected chi connectivity index (χ1v) is 11.4. The van der Waals surface area contributed by atoms with Crippen LogP contribution in [0.2, 0.25) is 5.02 Å². The van der Waals surface area contributed by atoms with Crippen molar-refractivity contribution >= 4 is 45.0 Å². The lowest BCUT2D eigenvalue weighted by Crippen LogP contribution is -2.26. The van der Waals surface area contributed by atoms with Crippen molar-refractivity contribution in [3.63, 3.8) is 0 Å². The molecule has 8 heteroatoms. The summed E-state index contributed by atoms with van der Waals surface area (Å²) in [7, 11) is -3.41. The Kier molecular flexibility index (Phi) is 7.37. The Hall–Kier alpha value is -1.70. The molecule has 0 spiro atoms. The van der Waals surface area contributed by atoms with Crippen LogP contribution in [0.1, 0.15) is 21.5 Å². The zero-order valence-electron chi connectivity index (χ0n) is 14.6. The van der Waals surface area contributed by atoms with Crippen LogP contribution >= 0.6 is 23.4 Å². The quantitative estimate of drug-likeness (QED) is 0.648. The van der Waals surface area contributed by atoms with Crippen molar-refractivity contribution in [3.8, 4) is 0 Å². The van der Waals surface area contributed by atoms with Crippen molar-refractivity contribution in [2.75, 3.05) is 23.3 Å². The summed E-state index contributed by atoms with van der Waals surface area (Å²) in [6.45, 7) is 2.55. The number of hydrogen-bond acceptors (Lipinski definition) is 4. The molecular weight excluding hydrogens is 392 g/mol. The fourth-order valence-electron chi connectivity index (χ4n) is 2.18. The molecule has 26 heavy (non-hydrogen) atoms. The molecule has 0 radical (unpaired) electrons. The zero-order valence-corrected chi connectivity index (χ0v) is 17.0. The van der Waals surface area contributed by atoms with Gasteiger partial charge in [0.15, 0.2) is 0 Å². The zero-order chi connectivity index (χ0) is 19.2. The predicted octanol–water partition coefficient (Wildman–Crippen LogP) is 3.68. The smallest absolute Gasteiger partial charge is 0.252 e. The van der Waals surface area contributed by atoms with Crippen molar-refractivity contribution in [2.24, 2.45) is 0 Å². The average Bonchev–Trinajstić information content (AvgIpc) is 2.56. The Balaban J connectivity index is 1.83. The van der Waals surface area contributed by atoms with Crippen LogP contribution in [0.25, 0.3) is 0 Å². The van der Waals surface area contributed by atoms with Crippen LogP contribution in [0.5, 0.6) is 0 Å². The van der Waals surface area contributed by atoms with Gasteiger partial charge in [0, 0.05) is 23.7 Å². The second kappa shape index (κ2) is 9.30. The summed E-state index contributed by atoms with van der Waals surface area (Å²) < 4.78 is 24.9. The van der Waals surface area contributed by atoms with E-state index >= 15 is 0 Å². The van der Waals surface area contributed by atoms with Crippen LogP contribution in [0.3, 0.4) is 0 Å². The molecule has 0 aromatic heterocycles. The van der Waals surface area contributed by atoms with Gasteiger partial charge in [-0.2, -0.15) is 11.8 Å². The highest BCUT2D eigenvalue weighted by atomic mass is 35.5. The fourth-order valence-corrected chi connectivity index (χ4v) is 3.76. The number of aryl methyl sites for hydroxylation is 1. The highest BCUT2D eigenvalue weighted by molar-refractivity contribution is 7.98. The van der Waals surface area contributed by atoms with Crippen molar-refractivity contribution in [3.05, 3.63) is 64.2 Å². The molecule has 0 aliphatic heterocycles. The van der Waals surface area contributed by atoms with E-state index in [1.807, 2.05) is 0 Å². The molecule has 0 aliphatic rings.